The van der Waals surface area contributed by atoms with Crippen LogP contribution in [0.2, 0.25) is 0 Å². The van der Waals surface area contributed by atoms with E-state index in [1.807, 2.05) is 0 Å². The van der Waals surface area contributed by atoms with Crippen LogP contribution in [0.15, 0.2) is 170 Å². The van der Waals surface area contributed by atoms with E-state index in [1.54, 1.807) is 0 Å². The molecule has 182 valence electrons. The first kappa shape index (κ1) is 23.6. The van der Waals surface area contributed by atoms with Gasteiger partial charge in [-0.3, -0.25) is 0 Å². The first-order chi connectivity index (χ1) is 18.9. The average Bonchev–Trinajstić information content (AvgIpc) is 3.00. The zero-order valence-electron chi connectivity index (χ0n) is 21.2. The normalized spacial score (nSPS) is 11.1. The molecule has 0 atom stereocenters. The number of rotatable bonds is 7. The molecule has 0 radical (unpaired) electrons. The summed E-state index contributed by atoms with van der Waals surface area (Å²) < 4.78 is 0. The van der Waals surface area contributed by atoms with Crippen molar-refractivity contribution in [3.63, 3.8) is 0 Å². The summed E-state index contributed by atoms with van der Waals surface area (Å²) in [6.07, 6.45) is 0. The summed E-state index contributed by atoms with van der Waals surface area (Å²) in [6, 6.07) is 60.4. The minimum absolute atomic E-state index is 1.21. The fourth-order valence-corrected chi connectivity index (χ4v) is 5.08. The molecule has 2 heteroatoms. The average molecular weight is 491 g/mol. The number of para-hydroxylation sites is 4. The Kier molecular flexibility index (Phi) is 6.90. The second-order valence-corrected chi connectivity index (χ2v) is 9.37. The third kappa shape index (κ3) is 5.05. The van der Waals surface area contributed by atoms with E-state index in [4.69, 9.17) is 0 Å². The summed E-state index contributed by atoms with van der Waals surface area (Å²) in [4.78, 5) is 2.50. The standard InChI is InChI=1S/C36H28N2/c1-5-13-31(14-6-1)37(32-15-7-2-8-16-32)35-25-21-29(22-26-35)30-23-27-36(28-24-30)38(33-17-9-3-10-18-33)34-19-11-4-12-20-34/h1-28H/p+2. The number of hydrogen-bond donors (Lipinski definition) is 2. The highest BCUT2D eigenvalue weighted by Gasteiger charge is 2.20. The minimum atomic E-state index is 1.21. The molecule has 0 aliphatic carbocycles. The molecule has 6 aromatic carbocycles. The zero-order chi connectivity index (χ0) is 25.6. The van der Waals surface area contributed by atoms with Gasteiger partial charge in [-0.15, -0.1) is 0 Å². The van der Waals surface area contributed by atoms with Gasteiger partial charge in [0, 0.05) is 24.3 Å². The van der Waals surface area contributed by atoms with Crippen molar-refractivity contribution >= 4 is 34.1 Å². The van der Waals surface area contributed by atoms with Crippen LogP contribution in [0.3, 0.4) is 0 Å². The molecule has 38 heavy (non-hydrogen) atoms. The summed E-state index contributed by atoms with van der Waals surface area (Å²) in [5, 5.41) is 0. The van der Waals surface area contributed by atoms with E-state index >= 15 is 0 Å². The highest BCUT2D eigenvalue weighted by atomic mass is 15.1. The monoisotopic (exact) mass is 490 g/mol. The second-order valence-electron chi connectivity index (χ2n) is 9.37. The molecule has 0 heterocycles. The van der Waals surface area contributed by atoms with E-state index in [0.717, 1.165) is 0 Å². The van der Waals surface area contributed by atoms with E-state index < -0.39 is 0 Å². The maximum Gasteiger partial charge on any atom is 0.141 e. The SMILES string of the molecule is c1ccc([NH+](c2ccccc2)c2ccc(-c3ccc([NH+](c4ccccc4)c4ccccc4)cc3)cc2)cc1. The lowest BCUT2D eigenvalue weighted by molar-refractivity contribution is -0.681. The van der Waals surface area contributed by atoms with Gasteiger partial charge in [-0.25, -0.2) is 9.80 Å². The van der Waals surface area contributed by atoms with Gasteiger partial charge in [-0.05, 0) is 83.9 Å². The van der Waals surface area contributed by atoms with Crippen LogP contribution >= 0.6 is 0 Å². The Bertz CT molecular complexity index is 1360. The molecule has 0 bridgehead atoms. The van der Waals surface area contributed by atoms with Gasteiger partial charge in [-0.2, -0.15) is 0 Å². The molecule has 2 N–H and O–H groups in total. The summed E-state index contributed by atoms with van der Waals surface area (Å²) in [6.45, 7) is 0. The van der Waals surface area contributed by atoms with Crippen molar-refractivity contribution in [3.05, 3.63) is 170 Å². The Morgan fingerprint density at radius 2 is 0.421 bits per heavy atom. The molecule has 2 nitrogen and oxygen atoms in total. The van der Waals surface area contributed by atoms with Gasteiger partial charge in [0.15, 0.2) is 0 Å². The first-order valence-electron chi connectivity index (χ1n) is 13.0. The van der Waals surface area contributed by atoms with Gasteiger partial charge in [-0.1, -0.05) is 72.8 Å². The van der Waals surface area contributed by atoms with Crippen molar-refractivity contribution in [1.82, 2.24) is 0 Å². The quantitative estimate of drug-likeness (QED) is 0.227. The third-order valence-corrected chi connectivity index (χ3v) is 6.93. The Hall–Kier alpha value is -4.76. The molecular weight excluding hydrogens is 460 g/mol. The maximum absolute atomic E-state index is 2.24. The lowest BCUT2D eigenvalue weighted by Gasteiger charge is -2.19. The van der Waals surface area contributed by atoms with E-state index in [1.165, 1.54) is 55.1 Å². The molecule has 0 spiro atoms. The summed E-state index contributed by atoms with van der Waals surface area (Å²) >= 11 is 0. The largest absolute Gasteiger partial charge is 0.238 e. The van der Waals surface area contributed by atoms with Crippen LogP contribution in [0.1, 0.15) is 0 Å². The van der Waals surface area contributed by atoms with Crippen molar-refractivity contribution < 1.29 is 9.80 Å². The van der Waals surface area contributed by atoms with Crippen molar-refractivity contribution in [2.45, 2.75) is 0 Å². The van der Waals surface area contributed by atoms with Gasteiger partial charge >= 0.3 is 0 Å². The molecule has 0 aliphatic heterocycles. The number of nitrogens with one attached hydrogen (secondary N) is 2. The van der Waals surface area contributed by atoms with E-state index in [-0.39, 0.29) is 0 Å². The number of quaternary nitrogens is 2. The summed E-state index contributed by atoms with van der Waals surface area (Å²) in [7, 11) is 0. The Labute approximate surface area is 224 Å². The zero-order valence-corrected chi connectivity index (χ0v) is 21.2. The van der Waals surface area contributed by atoms with Crippen molar-refractivity contribution in [3.8, 4) is 11.1 Å². The summed E-state index contributed by atoms with van der Waals surface area (Å²) in [5.41, 5.74) is 9.74. The Balaban J connectivity index is 1.31. The molecule has 0 fully saturated rings. The van der Waals surface area contributed by atoms with Crippen LogP contribution in [0.5, 0.6) is 0 Å². The van der Waals surface area contributed by atoms with E-state index in [2.05, 4.69) is 170 Å². The predicted molar refractivity (Wildman–Crippen MR) is 158 cm³/mol. The molecule has 0 aromatic heterocycles. The van der Waals surface area contributed by atoms with Gasteiger partial charge in [0.2, 0.25) is 0 Å². The van der Waals surface area contributed by atoms with Crippen molar-refractivity contribution in [2.24, 2.45) is 0 Å². The van der Waals surface area contributed by atoms with Crippen molar-refractivity contribution in [1.29, 1.82) is 0 Å². The minimum Gasteiger partial charge on any atom is -0.238 e. The second kappa shape index (κ2) is 11.1. The molecule has 6 aromatic rings. The van der Waals surface area contributed by atoms with Crippen LogP contribution in [0.25, 0.3) is 11.1 Å². The number of benzene rings is 6. The first-order valence-corrected chi connectivity index (χ1v) is 13.0. The predicted octanol–water partition coefficient (Wildman–Crippen LogP) is 7.71. The molecule has 0 unspecified atom stereocenters. The molecule has 0 aliphatic rings. The van der Waals surface area contributed by atoms with Crippen molar-refractivity contribution in [2.75, 3.05) is 0 Å². The van der Waals surface area contributed by atoms with Crippen LogP contribution in [-0.4, -0.2) is 0 Å². The lowest BCUT2D eigenvalue weighted by atomic mass is 10.0. The molecular formula is C36H30N2+2. The Morgan fingerprint density at radius 3 is 0.658 bits per heavy atom. The van der Waals surface area contributed by atoms with Gasteiger partial charge in [0.05, 0.1) is 0 Å². The molecule has 0 saturated carbocycles. The molecule has 0 saturated heterocycles. The third-order valence-electron chi connectivity index (χ3n) is 6.93. The van der Waals surface area contributed by atoms with Gasteiger partial charge in [0.25, 0.3) is 0 Å². The number of hydrogen-bond acceptors (Lipinski definition) is 0. The Morgan fingerprint density at radius 1 is 0.211 bits per heavy atom. The van der Waals surface area contributed by atoms with Crippen LogP contribution < -0.4 is 9.80 Å². The topological polar surface area (TPSA) is 8.88 Å². The van der Waals surface area contributed by atoms with Gasteiger partial charge in [0.1, 0.15) is 34.1 Å². The van der Waals surface area contributed by atoms with E-state index in [0.29, 0.717) is 0 Å². The molecule has 0 amide bonds. The highest BCUT2D eigenvalue weighted by molar-refractivity contribution is 5.67. The van der Waals surface area contributed by atoms with Gasteiger partial charge < -0.3 is 0 Å². The van der Waals surface area contributed by atoms with Crippen LogP contribution in [0, 0.1) is 0 Å². The molecule has 6 rings (SSSR count). The smallest absolute Gasteiger partial charge is 0.141 e. The fourth-order valence-electron chi connectivity index (χ4n) is 5.08. The summed E-state index contributed by atoms with van der Waals surface area (Å²) in [5.74, 6) is 0. The fraction of sp³-hybridized carbons (Fsp3) is 0. The van der Waals surface area contributed by atoms with Crippen LogP contribution in [0.4, 0.5) is 34.1 Å². The van der Waals surface area contributed by atoms with Crippen LogP contribution in [-0.2, 0) is 0 Å². The van der Waals surface area contributed by atoms with E-state index in [9.17, 15) is 0 Å². The maximum atomic E-state index is 2.24. The highest BCUT2D eigenvalue weighted by Crippen LogP contribution is 2.24. The lowest BCUT2D eigenvalue weighted by Crippen LogP contribution is -2.96.